The van der Waals surface area contributed by atoms with Crippen LogP contribution in [0.25, 0.3) is 0 Å². The minimum absolute atomic E-state index is 0. The van der Waals surface area contributed by atoms with Crippen molar-refractivity contribution in [2.45, 2.75) is 38.4 Å². The Labute approximate surface area is 152 Å². The molecule has 2 nitrogen and oxygen atoms in total. The highest BCUT2D eigenvalue weighted by molar-refractivity contribution is 5.85. The van der Waals surface area contributed by atoms with E-state index in [1.165, 1.54) is 6.07 Å². The van der Waals surface area contributed by atoms with E-state index in [1.54, 1.807) is 0 Å². The Balaban J connectivity index is 0.00000264. The van der Waals surface area contributed by atoms with Crippen molar-refractivity contribution in [3.8, 4) is 0 Å². The van der Waals surface area contributed by atoms with Gasteiger partial charge < -0.3 is 5.32 Å². The predicted octanol–water partition coefficient (Wildman–Crippen LogP) is 4.82. The van der Waals surface area contributed by atoms with Gasteiger partial charge in [0.2, 0.25) is 0 Å². The van der Waals surface area contributed by atoms with Crippen LogP contribution in [0.15, 0.2) is 18.2 Å². The van der Waals surface area contributed by atoms with Gasteiger partial charge in [0.15, 0.2) is 0 Å². The molecule has 0 unspecified atom stereocenters. The molecule has 0 amide bonds. The number of nitrogens with zero attached hydrogens (tertiary/aromatic N) is 1. The standard InChI is InChI=1S/C16H22F4N2.2ClH/c1-2-3-4-15(22-9-7-21-8-10-22)12-5-6-13(14(17)11-12)16(18,19)20;;/h5-6,11,15,21H,2-4,7-10H2,1H3;2*1H/t15-;;/m0../s1. The SMILES string of the molecule is CCCC[C@@H](c1ccc(C(F)(F)F)c(F)c1)N1CCNCC1.Cl.Cl. The molecule has 1 heterocycles. The van der Waals surface area contributed by atoms with Gasteiger partial charge in [-0.15, -0.1) is 24.8 Å². The van der Waals surface area contributed by atoms with Crippen molar-refractivity contribution in [2.24, 2.45) is 0 Å². The molecule has 0 saturated carbocycles. The molecule has 1 saturated heterocycles. The molecule has 0 aromatic heterocycles. The van der Waals surface area contributed by atoms with E-state index in [9.17, 15) is 17.6 Å². The van der Waals surface area contributed by atoms with E-state index >= 15 is 0 Å². The van der Waals surface area contributed by atoms with Crippen molar-refractivity contribution in [3.63, 3.8) is 0 Å². The van der Waals surface area contributed by atoms with Crippen molar-refractivity contribution >= 4 is 24.8 Å². The van der Waals surface area contributed by atoms with E-state index in [0.29, 0.717) is 5.56 Å². The Morgan fingerprint density at radius 3 is 2.29 bits per heavy atom. The smallest absolute Gasteiger partial charge is 0.314 e. The molecule has 0 aliphatic carbocycles. The fourth-order valence-corrected chi connectivity index (χ4v) is 2.92. The quantitative estimate of drug-likeness (QED) is 0.724. The van der Waals surface area contributed by atoms with Crippen LogP contribution >= 0.6 is 24.8 Å². The van der Waals surface area contributed by atoms with Crippen LogP contribution in [0.2, 0.25) is 0 Å². The molecule has 1 fully saturated rings. The topological polar surface area (TPSA) is 15.3 Å². The van der Waals surface area contributed by atoms with Gasteiger partial charge in [0.05, 0.1) is 5.56 Å². The monoisotopic (exact) mass is 390 g/mol. The second kappa shape index (κ2) is 10.4. The highest BCUT2D eigenvalue weighted by Crippen LogP contribution is 2.34. The average Bonchev–Trinajstić information content (AvgIpc) is 2.47. The summed E-state index contributed by atoms with van der Waals surface area (Å²) < 4.78 is 51.9. The van der Waals surface area contributed by atoms with Gasteiger partial charge in [0, 0.05) is 32.2 Å². The minimum atomic E-state index is -4.64. The zero-order valence-corrected chi connectivity index (χ0v) is 15.2. The molecule has 1 atom stereocenters. The Morgan fingerprint density at radius 2 is 1.79 bits per heavy atom. The molecule has 1 aliphatic rings. The first kappa shape index (κ1) is 23.4. The van der Waals surface area contributed by atoms with Crippen LogP contribution in [0.5, 0.6) is 0 Å². The van der Waals surface area contributed by atoms with Gasteiger partial charge >= 0.3 is 6.18 Å². The number of piperazine rings is 1. The summed E-state index contributed by atoms with van der Waals surface area (Å²) in [6.45, 7) is 5.44. The summed E-state index contributed by atoms with van der Waals surface area (Å²) in [5.41, 5.74) is -0.549. The lowest BCUT2D eigenvalue weighted by molar-refractivity contribution is -0.140. The lowest BCUT2D eigenvalue weighted by atomic mass is 9.97. The average molecular weight is 391 g/mol. The third-order valence-corrected chi connectivity index (χ3v) is 4.11. The molecule has 1 aliphatic heterocycles. The summed E-state index contributed by atoms with van der Waals surface area (Å²) in [4.78, 5) is 2.23. The minimum Gasteiger partial charge on any atom is -0.314 e. The molecule has 24 heavy (non-hydrogen) atoms. The van der Waals surface area contributed by atoms with E-state index in [1.807, 2.05) is 0 Å². The molecule has 0 radical (unpaired) electrons. The van der Waals surface area contributed by atoms with Crippen LogP contribution < -0.4 is 5.32 Å². The molecule has 1 N–H and O–H groups in total. The van der Waals surface area contributed by atoms with Gasteiger partial charge in [0.25, 0.3) is 0 Å². The van der Waals surface area contributed by atoms with Crippen molar-refractivity contribution in [1.82, 2.24) is 10.2 Å². The van der Waals surface area contributed by atoms with Crippen LogP contribution in [0.4, 0.5) is 17.6 Å². The van der Waals surface area contributed by atoms with Gasteiger partial charge in [-0.1, -0.05) is 25.8 Å². The molecule has 0 bridgehead atoms. The number of nitrogens with one attached hydrogen (secondary N) is 1. The van der Waals surface area contributed by atoms with Gasteiger partial charge in [-0.05, 0) is 24.1 Å². The summed E-state index contributed by atoms with van der Waals surface area (Å²) >= 11 is 0. The van der Waals surface area contributed by atoms with Crippen molar-refractivity contribution in [2.75, 3.05) is 26.2 Å². The fraction of sp³-hybridized carbons (Fsp3) is 0.625. The molecular weight excluding hydrogens is 367 g/mol. The number of alkyl halides is 3. The van der Waals surface area contributed by atoms with E-state index in [-0.39, 0.29) is 30.9 Å². The number of rotatable bonds is 5. The third-order valence-electron chi connectivity index (χ3n) is 4.11. The summed E-state index contributed by atoms with van der Waals surface area (Å²) in [5.74, 6) is -1.18. The third kappa shape index (κ3) is 6.06. The number of halogens is 6. The van der Waals surface area contributed by atoms with Crippen molar-refractivity contribution in [3.05, 3.63) is 35.1 Å². The Hall–Kier alpha value is -0.560. The van der Waals surface area contributed by atoms with Crippen LogP contribution in [0.1, 0.15) is 43.4 Å². The van der Waals surface area contributed by atoms with Crippen LogP contribution in [-0.2, 0) is 6.18 Å². The Morgan fingerprint density at radius 1 is 1.17 bits per heavy atom. The Kier molecular flexibility index (Phi) is 10.2. The maximum Gasteiger partial charge on any atom is 0.419 e. The lowest BCUT2D eigenvalue weighted by Crippen LogP contribution is -2.45. The molecule has 2 rings (SSSR count). The van der Waals surface area contributed by atoms with Crippen molar-refractivity contribution < 1.29 is 17.6 Å². The van der Waals surface area contributed by atoms with E-state index < -0.39 is 17.6 Å². The van der Waals surface area contributed by atoms with Gasteiger partial charge in [-0.2, -0.15) is 13.2 Å². The maximum atomic E-state index is 13.8. The molecule has 1 aromatic rings. The molecule has 0 spiro atoms. The van der Waals surface area contributed by atoms with Gasteiger partial charge in [0.1, 0.15) is 5.82 Å². The number of hydrogen-bond donors (Lipinski definition) is 1. The van der Waals surface area contributed by atoms with Crippen LogP contribution in [-0.4, -0.2) is 31.1 Å². The normalized spacial score (nSPS) is 16.9. The number of hydrogen-bond acceptors (Lipinski definition) is 2. The summed E-state index contributed by atoms with van der Waals surface area (Å²) in [7, 11) is 0. The number of unbranched alkanes of at least 4 members (excludes halogenated alkanes) is 1. The van der Waals surface area contributed by atoms with Gasteiger partial charge in [-0.3, -0.25) is 4.90 Å². The zero-order valence-electron chi connectivity index (χ0n) is 13.5. The molecule has 140 valence electrons. The van der Waals surface area contributed by atoms with Gasteiger partial charge in [-0.25, -0.2) is 4.39 Å². The summed E-state index contributed by atoms with van der Waals surface area (Å²) in [6, 6.07) is 3.34. The van der Waals surface area contributed by atoms with Crippen LogP contribution in [0, 0.1) is 5.82 Å². The van der Waals surface area contributed by atoms with E-state index in [2.05, 4.69) is 17.1 Å². The molecule has 8 heteroatoms. The second-order valence-corrected chi connectivity index (χ2v) is 5.68. The van der Waals surface area contributed by atoms with Crippen LogP contribution in [0.3, 0.4) is 0 Å². The number of benzene rings is 1. The highest BCUT2D eigenvalue weighted by Gasteiger charge is 2.34. The molecular formula is C16H24Cl2F4N2. The highest BCUT2D eigenvalue weighted by atomic mass is 35.5. The summed E-state index contributed by atoms with van der Waals surface area (Å²) in [6.07, 6.45) is -1.83. The van der Waals surface area contributed by atoms with E-state index in [0.717, 1.165) is 57.6 Å². The van der Waals surface area contributed by atoms with E-state index in [4.69, 9.17) is 0 Å². The second-order valence-electron chi connectivity index (χ2n) is 5.68. The zero-order chi connectivity index (χ0) is 16.2. The van der Waals surface area contributed by atoms with Crippen molar-refractivity contribution in [1.29, 1.82) is 0 Å². The fourth-order valence-electron chi connectivity index (χ4n) is 2.92. The first-order valence-electron chi connectivity index (χ1n) is 7.75. The largest absolute Gasteiger partial charge is 0.419 e. The summed E-state index contributed by atoms with van der Waals surface area (Å²) in [5, 5.41) is 3.25. The first-order valence-corrected chi connectivity index (χ1v) is 7.75. The maximum absolute atomic E-state index is 13.8. The Bertz CT molecular complexity index is 491. The predicted molar refractivity (Wildman–Crippen MR) is 92.6 cm³/mol. The lowest BCUT2D eigenvalue weighted by Gasteiger charge is -2.35. The first-order chi connectivity index (χ1) is 10.4. The molecule has 1 aromatic carbocycles.